The summed E-state index contributed by atoms with van der Waals surface area (Å²) < 4.78 is 38.7. The number of nitrogens with zero attached hydrogens (tertiary/aromatic N) is 1. The van der Waals surface area contributed by atoms with E-state index in [1.165, 1.54) is 12.1 Å². The van der Waals surface area contributed by atoms with Crippen molar-refractivity contribution in [1.29, 1.82) is 0 Å². The molecule has 1 aliphatic heterocycles. The quantitative estimate of drug-likeness (QED) is 0.831. The molecule has 1 saturated carbocycles. The molecule has 1 aromatic carbocycles. The van der Waals surface area contributed by atoms with E-state index in [9.17, 15) is 18.3 Å². The van der Waals surface area contributed by atoms with E-state index < -0.39 is 17.3 Å². The van der Waals surface area contributed by atoms with E-state index >= 15 is 0 Å². The van der Waals surface area contributed by atoms with Gasteiger partial charge in [0, 0.05) is 25.2 Å². The number of aliphatic hydroxyl groups is 1. The van der Waals surface area contributed by atoms with Gasteiger partial charge in [-0.1, -0.05) is 31.0 Å². The molecule has 2 unspecified atom stereocenters. The van der Waals surface area contributed by atoms with E-state index in [2.05, 4.69) is 10.2 Å². The fraction of sp³-hybridized carbons (Fsp3) is 0.700. The van der Waals surface area contributed by atoms with Gasteiger partial charge >= 0.3 is 6.18 Å². The predicted molar refractivity (Wildman–Crippen MR) is 96.0 cm³/mol. The van der Waals surface area contributed by atoms with Gasteiger partial charge in [-0.15, -0.1) is 0 Å². The van der Waals surface area contributed by atoms with Crippen molar-refractivity contribution in [2.24, 2.45) is 0 Å². The van der Waals surface area contributed by atoms with Gasteiger partial charge in [-0.2, -0.15) is 13.2 Å². The Kier molecular flexibility index (Phi) is 5.94. The molecule has 2 N–H and O–H groups in total. The van der Waals surface area contributed by atoms with Gasteiger partial charge in [0.15, 0.2) is 0 Å². The zero-order valence-corrected chi connectivity index (χ0v) is 15.4. The van der Waals surface area contributed by atoms with Crippen molar-refractivity contribution in [3.8, 4) is 0 Å². The molecule has 0 bridgehead atoms. The Labute approximate surface area is 153 Å². The molecule has 26 heavy (non-hydrogen) atoms. The summed E-state index contributed by atoms with van der Waals surface area (Å²) in [4.78, 5) is 2.38. The van der Waals surface area contributed by atoms with Crippen LogP contribution in [0.15, 0.2) is 24.3 Å². The third kappa shape index (κ3) is 4.41. The van der Waals surface area contributed by atoms with Gasteiger partial charge in [0.1, 0.15) is 0 Å². The molecule has 6 heteroatoms. The number of alkyl halides is 3. The van der Waals surface area contributed by atoms with Crippen LogP contribution in [-0.2, 0) is 12.6 Å². The van der Waals surface area contributed by atoms with E-state index in [-0.39, 0.29) is 6.04 Å². The van der Waals surface area contributed by atoms with Gasteiger partial charge in [-0.3, -0.25) is 4.90 Å². The number of nitrogens with one attached hydrogen (secondary N) is 1. The van der Waals surface area contributed by atoms with Crippen LogP contribution in [0.1, 0.15) is 49.7 Å². The Morgan fingerprint density at radius 2 is 2.08 bits per heavy atom. The third-order valence-electron chi connectivity index (χ3n) is 6.13. The molecule has 1 aromatic rings. The highest BCUT2D eigenvalue weighted by Gasteiger charge is 2.43. The summed E-state index contributed by atoms with van der Waals surface area (Å²) in [7, 11) is 1.97. The molecule has 3 nitrogen and oxygen atoms in total. The third-order valence-corrected chi connectivity index (χ3v) is 6.13. The Hall–Kier alpha value is -1.11. The molecule has 146 valence electrons. The molecule has 0 spiro atoms. The lowest BCUT2D eigenvalue weighted by Crippen LogP contribution is -2.54. The Morgan fingerprint density at radius 3 is 2.77 bits per heavy atom. The van der Waals surface area contributed by atoms with Crippen LogP contribution >= 0.6 is 0 Å². The minimum Gasteiger partial charge on any atom is -0.388 e. The second-order valence-corrected chi connectivity index (χ2v) is 7.83. The highest BCUT2D eigenvalue weighted by molar-refractivity contribution is 5.26. The number of likely N-dealkylation sites (N-methyl/N-ethyl adjacent to an activating group) is 1. The van der Waals surface area contributed by atoms with Crippen molar-refractivity contribution >= 4 is 0 Å². The van der Waals surface area contributed by atoms with E-state index in [1.54, 1.807) is 6.07 Å². The van der Waals surface area contributed by atoms with Gasteiger partial charge in [-0.25, -0.2) is 0 Å². The summed E-state index contributed by atoms with van der Waals surface area (Å²) in [5.41, 5.74) is -0.777. The van der Waals surface area contributed by atoms with Gasteiger partial charge in [0.05, 0.1) is 11.2 Å². The van der Waals surface area contributed by atoms with Crippen LogP contribution in [0.4, 0.5) is 13.2 Å². The lowest BCUT2D eigenvalue weighted by atomic mass is 9.76. The van der Waals surface area contributed by atoms with Crippen molar-refractivity contribution in [2.75, 3.05) is 20.1 Å². The number of halogens is 3. The second-order valence-electron chi connectivity index (χ2n) is 7.83. The number of likely N-dealkylation sites (tertiary alicyclic amines) is 1. The fourth-order valence-corrected chi connectivity index (χ4v) is 4.59. The van der Waals surface area contributed by atoms with Crippen molar-refractivity contribution < 1.29 is 18.3 Å². The maximum Gasteiger partial charge on any atom is 0.416 e. The molecular weight excluding hydrogens is 341 g/mol. The molecule has 0 aromatic heterocycles. The smallest absolute Gasteiger partial charge is 0.388 e. The first-order valence-corrected chi connectivity index (χ1v) is 9.62. The summed E-state index contributed by atoms with van der Waals surface area (Å²) in [6.45, 7) is 1.91. The van der Waals surface area contributed by atoms with Crippen molar-refractivity contribution in [3.05, 3.63) is 35.4 Å². The maximum absolute atomic E-state index is 12.9. The molecule has 1 heterocycles. The van der Waals surface area contributed by atoms with Gasteiger partial charge in [0.25, 0.3) is 0 Å². The second kappa shape index (κ2) is 7.87. The fourth-order valence-electron chi connectivity index (χ4n) is 4.59. The van der Waals surface area contributed by atoms with Crippen LogP contribution in [-0.4, -0.2) is 47.8 Å². The maximum atomic E-state index is 12.9. The van der Waals surface area contributed by atoms with Gasteiger partial charge in [0.2, 0.25) is 0 Å². The SMILES string of the molecule is CN[C@H]1CCN(C2CCCCC2(O)CCc2cccc(C(F)(F)F)c2)C1. The van der Waals surface area contributed by atoms with E-state index in [1.807, 2.05) is 7.05 Å². The zero-order chi connectivity index (χ0) is 18.8. The number of aryl methyl sites for hydroxylation is 1. The number of hydrogen-bond donors (Lipinski definition) is 2. The summed E-state index contributed by atoms with van der Waals surface area (Å²) in [6, 6.07) is 6.07. The van der Waals surface area contributed by atoms with Crippen molar-refractivity contribution in [2.45, 2.75) is 68.8 Å². The van der Waals surface area contributed by atoms with Gasteiger partial charge < -0.3 is 10.4 Å². The summed E-state index contributed by atoms with van der Waals surface area (Å²) in [5, 5.41) is 14.7. The lowest BCUT2D eigenvalue weighted by Gasteiger charge is -2.45. The average molecular weight is 370 g/mol. The normalized spacial score (nSPS) is 30.7. The van der Waals surface area contributed by atoms with E-state index in [0.717, 1.165) is 51.3 Å². The Balaban J connectivity index is 1.68. The van der Waals surface area contributed by atoms with Crippen molar-refractivity contribution in [1.82, 2.24) is 10.2 Å². The van der Waals surface area contributed by atoms with Gasteiger partial charge in [-0.05, 0) is 50.8 Å². The minimum atomic E-state index is -4.32. The molecule has 2 fully saturated rings. The first-order chi connectivity index (χ1) is 12.3. The molecule has 2 aliphatic rings. The highest BCUT2D eigenvalue weighted by atomic mass is 19.4. The van der Waals surface area contributed by atoms with Crippen LogP contribution in [0.3, 0.4) is 0 Å². The Bertz CT molecular complexity index is 607. The first-order valence-electron chi connectivity index (χ1n) is 9.62. The van der Waals surface area contributed by atoms with Crippen molar-refractivity contribution in [3.63, 3.8) is 0 Å². The van der Waals surface area contributed by atoms with E-state index in [0.29, 0.717) is 24.4 Å². The van der Waals surface area contributed by atoms with Crippen LogP contribution in [0.2, 0.25) is 0 Å². The number of hydrogen-bond acceptors (Lipinski definition) is 3. The molecule has 3 rings (SSSR count). The van der Waals surface area contributed by atoms with Crippen LogP contribution in [0.5, 0.6) is 0 Å². The molecule has 0 radical (unpaired) electrons. The van der Waals surface area contributed by atoms with Crippen LogP contribution < -0.4 is 5.32 Å². The molecule has 1 saturated heterocycles. The molecule has 3 atom stereocenters. The number of rotatable bonds is 5. The molecular formula is C20H29F3N2O. The molecule has 0 amide bonds. The predicted octanol–water partition coefficient (Wildman–Crippen LogP) is 3.61. The molecule has 1 aliphatic carbocycles. The summed E-state index contributed by atoms with van der Waals surface area (Å²) in [6.07, 6.45) is 1.54. The summed E-state index contributed by atoms with van der Waals surface area (Å²) >= 11 is 0. The van der Waals surface area contributed by atoms with E-state index in [4.69, 9.17) is 0 Å². The lowest BCUT2D eigenvalue weighted by molar-refractivity contribution is -0.137. The standard InChI is InChI=1S/C20H29F3N2O/c1-24-17-9-12-25(14-17)18-7-2-3-10-19(18,26)11-8-15-5-4-6-16(13-15)20(21,22)23/h4-6,13,17-18,24,26H,2-3,7-12,14H2,1H3/t17-,18?,19?/m0/s1. The summed E-state index contributed by atoms with van der Waals surface area (Å²) in [5.74, 6) is 0. The Morgan fingerprint density at radius 1 is 1.27 bits per heavy atom. The minimum absolute atomic E-state index is 0.111. The average Bonchev–Trinajstić information content (AvgIpc) is 3.09. The van der Waals surface area contributed by atoms with Crippen LogP contribution in [0.25, 0.3) is 0 Å². The monoisotopic (exact) mass is 370 g/mol. The first kappa shape index (κ1) is 19.6. The van der Waals surface area contributed by atoms with Crippen LogP contribution in [0, 0.1) is 0 Å². The number of benzene rings is 1. The zero-order valence-electron chi connectivity index (χ0n) is 15.4. The topological polar surface area (TPSA) is 35.5 Å². The highest BCUT2D eigenvalue weighted by Crippen LogP contribution is 2.37. The largest absolute Gasteiger partial charge is 0.416 e.